The summed E-state index contributed by atoms with van der Waals surface area (Å²) in [7, 11) is 2.09. The summed E-state index contributed by atoms with van der Waals surface area (Å²) in [5.41, 5.74) is -0.584. The maximum absolute atomic E-state index is 13.0. The summed E-state index contributed by atoms with van der Waals surface area (Å²) in [5.74, 6) is 0.196. The molecule has 20 heavy (non-hydrogen) atoms. The maximum Gasteiger partial charge on any atom is 0.249 e. The normalized spacial score (nSPS) is 34.6. The first-order chi connectivity index (χ1) is 9.53. The van der Waals surface area contributed by atoms with Crippen molar-refractivity contribution in [1.29, 1.82) is 0 Å². The highest BCUT2D eigenvalue weighted by Crippen LogP contribution is 2.36. The van der Waals surface area contributed by atoms with E-state index >= 15 is 0 Å². The molecule has 2 heterocycles. The standard InChI is InChI=1S/C15H25N3O2/c1-11-13(19)16-15(7-3-4-8-15)14(20)18(11)12-6-5-9-17(2)10-12/h11-12H,3-10H2,1-2H3,(H,16,19). The minimum absolute atomic E-state index is 0.0275. The van der Waals surface area contributed by atoms with Crippen molar-refractivity contribution in [3.8, 4) is 0 Å². The number of amides is 2. The lowest BCUT2D eigenvalue weighted by Gasteiger charge is -2.48. The molecule has 1 aliphatic carbocycles. The van der Waals surface area contributed by atoms with Crippen molar-refractivity contribution in [2.45, 2.75) is 63.1 Å². The first-order valence-corrected chi connectivity index (χ1v) is 7.87. The van der Waals surface area contributed by atoms with Gasteiger partial charge in [-0.05, 0) is 46.2 Å². The molecule has 0 bridgehead atoms. The Kier molecular flexibility index (Phi) is 3.48. The molecule has 1 spiro atoms. The van der Waals surface area contributed by atoms with Crippen LogP contribution in [0.5, 0.6) is 0 Å². The van der Waals surface area contributed by atoms with Gasteiger partial charge < -0.3 is 15.1 Å². The summed E-state index contributed by atoms with van der Waals surface area (Å²) >= 11 is 0. The highest BCUT2D eigenvalue weighted by molar-refractivity contribution is 6.00. The second-order valence-electron chi connectivity index (χ2n) is 6.73. The predicted octanol–water partition coefficient (Wildman–Crippen LogP) is 0.740. The van der Waals surface area contributed by atoms with Gasteiger partial charge >= 0.3 is 0 Å². The number of piperazine rings is 1. The Balaban J connectivity index is 1.86. The summed E-state index contributed by atoms with van der Waals surface area (Å²) < 4.78 is 0. The van der Waals surface area contributed by atoms with Gasteiger partial charge in [0.1, 0.15) is 11.6 Å². The number of piperidine rings is 1. The quantitative estimate of drug-likeness (QED) is 0.770. The fourth-order valence-corrected chi connectivity index (χ4v) is 4.11. The summed E-state index contributed by atoms with van der Waals surface area (Å²) in [4.78, 5) is 29.5. The van der Waals surface area contributed by atoms with Gasteiger partial charge in [-0.25, -0.2) is 0 Å². The van der Waals surface area contributed by atoms with Crippen LogP contribution < -0.4 is 5.32 Å². The highest BCUT2D eigenvalue weighted by Gasteiger charge is 2.52. The van der Waals surface area contributed by atoms with Gasteiger partial charge in [-0.3, -0.25) is 9.59 Å². The van der Waals surface area contributed by atoms with Crippen LogP contribution in [0.4, 0.5) is 0 Å². The van der Waals surface area contributed by atoms with E-state index in [1.54, 1.807) is 0 Å². The Morgan fingerprint density at radius 3 is 2.55 bits per heavy atom. The third kappa shape index (κ3) is 2.12. The minimum Gasteiger partial charge on any atom is -0.340 e. The number of carbonyl (C=O) groups excluding carboxylic acids is 2. The van der Waals surface area contributed by atoms with Gasteiger partial charge in [0, 0.05) is 12.6 Å². The molecule has 112 valence electrons. The lowest BCUT2D eigenvalue weighted by molar-refractivity contribution is -0.158. The van der Waals surface area contributed by atoms with Crippen LogP contribution in [0.2, 0.25) is 0 Å². The first-order valence-electron chi connectivity index (χ1n) is 7.87. The van der Waals surface area contributed by atoms with Crippen molar-refractivity contribution in [3.63, 3.8) is 0 Å². The number of likely N-dealkylation sites (tertiary alicyclic amines) is 1. The van der Waals surface area contributed by atoms with Gasteiger partial charge in [0.05, 0.1) is 0 Å². The summed E-state index contributed by atoms with van der Waals surface area (Å²) in [6.45, 7) is 3.84. The summed E-state index contributed by atoms with van der Waals surface area (Å²) in [6, 6.07) is -0.134. The molecule has 0 aromatic heterocycles. The number of hydrogen-bond donors (Lipinski definition) is 1. The van der Waals surface area contributed by atoms with Crippen molar-refractivity contribution < 1.29 is 9.59 Å². The minimum atomic E-state index is -0.584. The lowest BCUT2D eigenvalue weighted by Crippen LogP contribution is -2.71. The van der Waals surface area contributed by atoms with E-state index in [9.17, 15) is 9.59 Å². The van der Waals surface area contributed by atoms with E-state index in [0.717, 1.165) is 51.6 Å². The van der Waals surface area contributed by atoms with E-state index < -0.39 is 5.54 Å². The van der Waals surface area contributed by atoms with E-state index in [0.29, 0.717) is 0 Å². The molecule has 3 aliphatic rings. The molecule has 2 unspecified atom stereocenters. The molecule has 2 saturated heterocycles. The summed E-state index contributed by atoms with van der Waals surface area (Å²) in [6.07, 6.45) is 5.82. The Hall–Kier alpha value is -1.10. The molecular formula is C15H25N3O2. The number of hydrogen-bond acceptors (Lipinski definition) is 3. The Morgan fingerprint density at radius 2 is 1.90 bits per heavy atom. The van der Waals surface area contributed by atoms with E-state index in [4.69, 9.17) is 0 Å². The van der Waals surface area contributed by atoms with Crippen molar-refractivity contribution in [2.75, 3.05) is 20.1 Å². The number of nitrogens with zero attached hydrogens (tertiary/aromatic N) is 2. The van der Waals surface area contributed by atoms with Crippen LogP contribution in [-0.2, 0) is 9.59 Å². The van der Waals surface area contributed by atoms with Crippen LogP contribution in [0.3, 0.4) is 0 Å². The van der Waals surface area contributed by atoms with Crippen LogP contribution in [0.25, 0.3) is 0 Å². The van der Waals surface area contributed by atoms with Crippen LogP contribution >= 0.6 is 0 Å². The molecule has 0 aromatic carbocycles. The van der Waals surface area contributed by atoms with Crippen molar-refractivity contribution >= 4 is 11.8 Å². The maximum atomic E-state index is 13.0. The van der Waals surface area contributed by atoms with Gasteiger partial charge in [-0.15, -0.1) is 0 Å². The molecule has 1 N–H and O–H groups in total. The highest BCUT2D eigenvalue weighted by atomic mass is 16.2. The Bertz CT molecular complexity index is 417. The predicted molar refractivity (Wildman–Crippen MR) is 76.2 cm³/mol. The first kappa shape index (κ1) is 13.9. The number of carbonyl (C=O) groups is 2. The average Bonchev–Trinajstić information content (AvgIpc) is 2.87. The SMILES string of the molecule is CC1C(=O)NC2(CCCC2)C(=O)N1C1CCCN(C)C1. The van der Waals surface area contributed by atoms with Crippen molar-refractivity contribution in [1.82, 2.24) is 15.1 Å². The smallest absolute Gasteiger partial charge is 0.249 e. The van der Waals surface area contributed by atoms with E-state index in [1.807, 2.05) is 11.8 Å². The molecule has 5 nitrogen and oxygen atoms in total. The molecule has 2 aliphatic heterocycles. The summed E-state index contributed by atoms with van der Waals surface area (Å²) in [5, 5.41) is 3.03. The largest absolute Gasteiger partial charge is 0.340 e. The van der Waals surface area contributed by atoms with Crippen molar-refractivity contribution in [3.05, 3.63) is 0 Å². The molecule has 2 amide bonds. The molecule has 3 fully saturated rings. The molecule has 1 saturated carbocycles. The zero-order valence-electron chi connectivity index (χ0n) is 12.5. The van der Waals surface area contributed by atoms with Crippen LogP contribution in [0.15, 0.2) is 0 Å². The van der Waals surface area contributed by atoms with E-state index in [1.165, 1.54) is 0 Å². The molecule has 5 heteroatoms. The second kappa shape index (κ2) is 5.02. The van der Waals surface area contributed by atoms with Gasteiger partial charge in [0.15, 0.2) is 0 Å². The number of rotatable bonds is 1. The zero-order chi connectivity index (χ0) is 14.3. The molecule has 0 radical (unpaired) electrons. The zero-order valence-corrected chi connectivity index (χ0v) is 12.5. The van der Waals surface area contributed by atoms with Crippen LogP contribution in [0.1, 0.15) is 45.4 Å². The van der Waals surface area contributed by atoms with Gasteiger partial charge in [-0.2, -0.15) is 0 Å². The van der Waals surface area contributed by atoms with Gasteiger partial charge in [-0.1, -0.05) is 12.8 Å². The molecule has 3 rings (SSSR count). The fraction of sp³-hybridized carbons (Fsp3) is 0.867. The second-order valence-corrected chi connectivity index (χ2v) is 6.73. The van der Waals surface area contributed by atoms with Gasteiger partial charge in [0.2, 0.25) is 11.8 Å². The van der Waals surface area contributed by atoms with E-state index in [-0.39, 0.29) is 23.9 Å². The van der Waals surface area contributed by atoms with Crippen molar-refractivity contribution in [2.24, 2.45) is 0 Å². The third-order valence-electron chi connectivity index (χ3n) is 5.25. The van der Waals surface area contributed by atoms with Crippen LogP contribution in [-0.4, -0.2) is 59.4 Å². The molecule has 0 aromatic rings. The monoisotopic (exact) mass is 279 g/mol. The van der Waals surface area contributed by atoms with Gasteiger partial charge in [0.25, 0.3) is 0 Å². The van der Waals surface area contributed by atoms with Crippen LogP contribution in [0, 0.1) is 0 Å². The lowest BCUT2D eigenvalue weighted by atomic mass is 9.88. The number of likely N-dealkylation sites (N-methyl/N-ethyl adjacent to an activating group) is 1. The Morgan fingerprint density at radius 1 is 1.20 bits per heavy atom. The molecular weight excluding hydrogens is 254 g/mol. The number of nitrogens with one attached hydrogen (secondary N) is 1. The Labute approximate surface area is 120 Å². The third-order valence-corrected chi connectivity index (χ3v) is 5.25. The topological polar surface area (TPSA) is 52.7 Å². The van der Waals surface area contributed by atoms with E-state index in [2.05, 4.69) is 17.3 Å². The molecule has 2 atom stereocenters. The average molecular weight is 279 g/mol. The fourth-order valence-electron chi connectivity index (χ4n) is 4.11.